The van der Waals surface area contributed by atoms with E-state index in [9.17, 15) is 4.79 Å². The highest BCUT2D eigenvalue weighted by atomic mass is 32.2. The van der Waals surface area contributed by atoms with Crippen molar-refractivity contribution in [2.75, 3.05) is 7.11 Å². The van der Waals surface area contributed by atoms with Gasteiger partial charge < -0.3 is 4.74 Å². The molecule has 80 valence electrons. The lowest BCUT2D eigenvalue weighted by Crippen LogP contribution is -2.16. The molecule has 0 spiro atoms. The quantitative estimate of drug-likeness (QED) is 0.599. The largest absolute Gasteiger partial charge is 0.468 e. The second-order valence-electron chi connectivity index (χ2n) is 2.94. The summed E-state index contributed by atoms with van der Waals surface area (Å²) in [6.07, 6.45) is 0. The molecule has 0 unspecified atom stereocenters. The number of hydrogen-bond donors (Lipinski definition) is 0. The number of thioether (sulfide) groups is 1. The second kappa shape index (κ2) is 5.88. The van der Waals surface area contributed by atoms with Crippen LogP contribution in [0.5, 0.6) is 0 Å². The van der Waals surface area contributed by atoms with Gasteiger partial charge in [0.2, 0.25) is 0 Å². The Hall–Kier alpha value is -0.870. The van der Waals surface area contributed by atoms with Crippen LogP contribution in [-0.2, 0) is 9.53 Å². The molecule has 0 saturated carbocycles. The molecule has 0 aliphatic heterocycles. The molecule has 4 heteroatoms. The number of esters is 1. The maximum absolute atomic E-state index is 11.2. The number of rotatable bonds is 3. The number of thiocarbonyl (C=S) groups is 1. The zero-order chi connectivity index (χ0) is 11.3. The Labute approximate surface area is 99.0 Å². The van der Waals surface area contributed by atoms with E-state index in [4.69, 9.17) is 12.2 Å². The Morgan fingerprint density at radius 1 is 1.40 bits per heavy atom. The number of carbonyl (C=O) groups is 1. The van der Waals surface area contributed by atoms with Gasteiger partial charge in [-0.25, -0.2) is 0 Å². The molecule has 0 aromatic heterocycles. The van der Waals surface area contributed by atoms with Crippen LogP contribution in [0.4, 0.5) is 0 Å². The molecule has 0 aliphatic rings. The van der Waals surface area contributed by atoms with Crippen molar-refractivity contribution in [2.45, 2.75) is 12.2 Å². The molecule has 0 heterocycles. The van der Waals surface area contributed by atoms with E-state index in [1.165, 1.54) is 18.9 Å². The Morgan fingerprint density at radius 2 is 2.00 bits per heavy atom. The molecule has 0 saturated heterocycles. The summed E-state index contributed by atoms with van der Waals surface area (Å²) in [5.74, 6) is -0.252. The molecule has 0 amide bonds. The number of methoxy groups -OCH3 is 1. The predicted molar refractivity (Wildman–Crippen MR) is 67.2 cm³/mol. The highest BCUT2D eigenvalue weighted by molar-refractivity contribution is 8.24. The normalized spacial score (nSPS) is 11.9. The molecule has 1 rings (SSSR count). The van der Waals surface area contributed by atoms with Crippen LogP contribution in [-0.4, -0.2) is 22.5 Å². The summed E-state index contributed by atoms with van der Waals surface area (Å²) in [5.41, 5.74) is 0.966. The maximum Gasteiger partial charge on any atom is 0.318 e. The van der Waals surface area contributed by atoms with Crippen molar-refractivity contribution < 1.29 is 9.53 Å². The molecule has 2 nitrogen and oxygen atoms in total. The zero-order valence-electron chi connectivity index (χ0n) is 8.60. The van der Waals surface area contributed by atoms with Crippen LogP contribution in [0.25, 0.3) is 0 Å². The number of hydrogen-bond acceptors (Lipinski definition) is 4. The minimum Gasteiger partial charge on any atom is -0.468 e. The van der Waals surface area contributed by atoms with E-state index in [0.29, 0.717) is 4.20 Å². The van der Waals surface area contributed by atoms with E-state index in [1.807, 2.05) is 30.3 Å². The molecular formula is C11H12O2S2. The second-order valence-corrected chi connectivity index (χ2v) is 4.95. The third kappa shape index (κ3) is 3.64. The standard InChI is InChI=1S/C11H12O2S2/c1-8(10(12)13-2)15-11(14)9-6-4-3-5-7-9/h3-8H,1-2H3/t8-/m0/s1. The van der Waals surface area contributed by atoms with Crippen molar-refractivity contribution in [1.82, 2.24) is 0 Å². The van der Waals surface area contributed by atoms with Gasteiger partial charge in [-0.15, -0.1) is 0 Å². The average Bonchev–Trinajstić information content (AvgIpc) is 2.29. The zero-order valence-corrected chi connectivity index (χ0v) is 10.2. The van der Waals surface area contributed by atoms with E-state index >= 15 is 0 Å². The Balaban J connectivity index is 2.61. The van der Waals surface area contributed by atoms with Gasteiger partial charge in [-0.1, -0.05) is 54.3 Å². The summed E-state index contributed by atoms with van der Waals surface area (Å²) in [6, 6.07) is 9.63. The van der Waals surface area contributed by atoms with Crippen LogP contribution in [0.2, 0.25) is 0 Å². The Bertz CT molecular complexity index is 349. The molecule has 0 radical (unpaired) electrons. The first-order valence-electron chi connectivity index (χ1n) is 4.49. The summed E-state index contributed by atoms with van der Waals surface area (Å²) in [7, 11) is 1.38. The van der Waals surface area contributed by atoms with Crippen molar-refractivity contribution in [3.63, 3.8) is 0 Å². The molecular weight excluding hydrogens is 228 g/mol. The minimum atomic E-state index is -0.261. The lowest BCUT2D eigenvalue weighted by Gasteiger charge is -2.09. The summed E-state index contributed by atoms with van der Waals surface area (Å²) in [4.78, 5) is 11.2. The first-order valence-corrected chi connectivity index (χ1v) is 5.78. The van der Waals surface area contributed by atoms with Crippen LogP contribution < -0.4 is 0 Å². The van der Waals surface area contributed by atoms with E-state index in [1.54, 1.807) is 6.92 Å². The number of carbonyl (C=O) groups excluding carboxylic acids is 1. The van der Waals surface area contributed by atoms with Crippen LogP contribution in [0.1, 0.15) is 12.5 Å². The SMILES string of the molecule is COC(=O)[C@H](C)SC(=S)c1ccccc1. The number of benzene rings is 1. The van der Waals surface area contributed by atoms with E-state index in [0.717, 1.165) is 5.56 Å². The molecule has 0 aliphatic carbocycles. The lowest BCUT2D eigenvalue weighted by atomic mass is 10.2. The fourth-order valence-electron chi connectivity index (χ4n) is 1.02. The van der Waals surface area contributed by atoms with Gasteiger partial charge in [-0.2, -0.15) is 0 Å². The van der Waals surface area contributed by atoms with Gasteiger partial charge in [-0.05, 0) is 12.5 Å². The van der Waals surface area contributed by atoms with Crippen molar-refractivity contribution in [2.24, 2.45) is 0 Å². The molecule has 1 aromatic carbocycles. The lowest BCUT2D eigenvalue weighted by molar-refractivity contribution is -0.139. The molecule has 15 heavy (non-hydrogen) atoms. The van der Waals surface area contributed by atoms with Gasteiger partial charge in [-0.3, -0.25) is 4.79 Å². The Morgan fingerprint density at radius 3 is 2.53 bits per heavy atom. The van der Waals surface area contributed by atoms with Crippen LogP contribution >= 0.6 is 24.0 Å². The van der Waals surface area contributed by atoms with E-state index in [2.05, 4.69) is 4.74 Å². The highest BCUT2D eigenvalue weighted by Gasteiger charge is 2.16. The van der Waals surface area contributed by atoms with Crippen molar-refractivity contribution in [3.8, 4) is 0 Å². The monoisotopic (exact) mass is 240 g/mol. The van der Waals surface area contributed by atoms with Gasteiger partial charge >= 0.3 is 5.97 Å². The van der Waals surface area contributed by atoms with Gasteiger partial charge in [0.15, 0.2) is 0 Å². The van der Waals surface area contributed by atoms with Gasteiger partial charge in [0.25, 0.3) is 0 Å². The van der Waals surface area contributed by atoms with Crippen LogP contribution in [0.15, 0.2) is 30.3 Å². The molecule has 1 atom stereocenters. The van der Waals surface area contributed by atoms with Crippen molar-refractivity contribution >= 4 is 34.1 Å². The van der Waals surface area contributed by atoms with E-state index < -0.39 is 0 Å². The molecule has 0 fully saturated rings. The number of ether oxygens (including phenoxy) is 1. The summed E-state index contributed by atoms with van der Waals surface area (Å²) < 4.78 is 5.35. The first-order chi connectivity index (χ1) is 7.15. The smallest absolute Gasteiger partial charge is 0.318 e. The fraction of sp³-hybridized carbons (Fsp3) is 0.273. The van der Waals surface area contributed by atoms with Gasteiger partial charge in [0.1, 0.15) is 5.25 Å². The summed E-state index contributed by atoms with van der Waals surface area (Å²) in [6.45, 7) is 1.78. The third-order valence-electron chi connectivity index (χ3n) is 1.83. The third-order valence-corrected chi connectivity index (χ3v) is 3.35. The maximum atomic E-state index is 11.2. The molecule has 0 bridgehead atoms. The predicted octanol–water partition coefficient (Wildman–Crippen LogP) is 2.66. The van der Waals surface area contributed by atoms with Crippen molar-refractivity contribution in [1.29, 1.82) is 0 Å². The average molecular weight is 240 g/mol. The molecule has 0 N–H and O–H groups in total. The van der Waals surface area contributed by atoms with Crippen LogP contribution in [0, 0.1) is 0 Å². The van der Waals surface area contributed by atoms with Crippen LogP contribution in [0.3, 0.4) is 0 Å². The summed E-state index contributed by atoms with van der Waals surface area (Å²) in [5, 5.41) is -0.261. The summed E-state index contributed by atoms with van der Waals surface area (Å²) >= 11 is 6.56. The Kier molecular flexibility index (Phi) is 4.78. The van der Waals surface area contributed by atoms with Gasteiger partial charge in [0, 0.05) is 0 Å². The van der Waals surface area contributed by atoms with E-state index in [-0.39, 0.29) is 11.2 Å². The fourth-order valence-corrected chi connectivity index (χ4v) is 2.37. The topological polar surface area (TPSA) is 26.3 Å². The minimum absolute atomic E-state index is 0.252. The first kappa shape index (κ1) is 12.2. The van der Waals surface area contributed by atoms with Crippen molar-refractivity contribution in [3.05, 3.63) is 35.9 Å². The van der Waals surface area contributed by atoms with Gasteiger partial charge in [0.05, 0.1) is 11.3 Å². The highest BCUT2D eigenvalue weighted by Crippen LogP contribution is 2.19. The molecule has 1 aromatic rings.